The predicted octanol–water partition coefficient (Wildman–Crippen LogP) is 4.53. The van der Waals surface area contributed by atoms with Gasteiger partial charge in [-0.1, -0.05) is 93.7 Å². The monoisotopic (exact) mass is 1040 g/mol. The molecule has 1 aromatic carbocycles. The Morgan fingerprint density at radius 1 is 0.892 bits per heavy atom. The number of methoxy groups -OCH3 is 1. The molecule has 74 heavy (non-hydrogen) atoms. The van der Waals surface area contributed by atoms with Crippen molar-refractivity contribution in [3.8, 4) is 5.75 Å². The third-order valence-electron chi connectivity index (χ3n) is 14.3. The Morgan fingerprint density at radius 2 is 1.54 bits per heavy atom. The van der Waals surface area contributed by atoms with Crippen molar-refractivity contribution < 1.29 is 62.5 Å². The second kappa shape index (κ2) is 29.5. The molecular weight excluding hydrogens is 953 g/mol. The first-order valence-electron chi connectivity index (χ1n) is 26.8. The van der Waals surface area contributed by atoms with Gasteiger partial charge in [0.2, 0.25) is 35.4 Å². The Morgan fingerprint density at radius 3 is 2.11 bits per heavy atom. The third-order valence-corrected chi connectivity index (χ3v) is 14.3. The predicted molar refractivity (Wildman–Crippen MR) is 278 cm³/mol. The van der Waals surface area contributed by atoms with Crippen molar-refractivity contribution in [2.24, 2.45) is 29.6 Å². The van der Waals surface area contributed by atoms with E-state index in [9.17, 15) is 48.3 Å². The number of ketones is 1. The Labute approximate surface area is 439 Å². The van der Waals surface area contributed by atoms with Crippen molar-refractivity contribution >= 4 is 53.2 Å². The van der Waals surface area contributed by atoms with Gasteiger partial charge in [-0.25, -0.2) is 4.79 Å². The van der Waals surface area contributed by atoms with Crippen LogP contribution < -0.4 is 20.7 Å². The van der Waals surface area contributed by atoms with E-state index in [4.69, 9.17) is 14.2 Å². The number of benzene rings is 1. The van der Waals surface area contributed by atoms with E-state index in [1.165, 1.54) is 49.8 Å². The summed E-state index contributed by atoms with van der Waals surface area (Å²) in [6.07, 6.45) is -1.30. The molecule has 19 heteroatoms. The molecule has 0 aliphatic carbocycles. The number of fused-ring (bicyclic) bond motifs is 1. The minimum Gasteiger partial charge on any atom is -0.497 e. The standard InChI is InChI=1S/C55H88N6O13/c1-15-17-18-21-44(63)59(12)41(28-32(5)6)51(67)58-47-36(11)73-55(71)42(29-37-22-24-38(72-14)25-23-37)60(13)54(70)40-20-19-26-61(40)53(69)39(27-31(3)4)56-50(66)35(10)48(65)49(33(7)8)74-45(64)30-43(62)46(34(9)16-2)57-52(47)68/h22-25,31-36,39-43,46-47,49,62H,15-21,26-30H2,1-14H3,(H,56,66)(H,57,68)(H,58,67)/t34-,35-,36+,39-,40-,41+,42-,43-,46-,47-,49-/m0/s1. The summed E-state index contributed by atoms with van der Waals surface area (Å²) in [5.74, 6) is -8.62. The highest BCUT2D eigenvalue weighted by atomic mass is 16.6. The number of Topliss-reactive ketones (excluding diaryl/α,β-unsaturated/α-hetero) is 1. The van der Waals surface area contributed by atoms with Crippen LogP contribution >= 0.6 is 0 Å². The average molecular weight is 1040 g/mol. The first-order valence-corrected chi connectivity index (χ1v) is 26.8. The lowest BCUT2D eigenvalue weighted by Gasteiger charge is -2.36. The number of ether oxygens (including phenoxy) is 3. The molecule has 0 aromatic heterocycles. The highest BCUT2D eigenvalue weighted by Gasteiger charge is 2.45. The number of hydrogen-bond donors (Lipinski definition) is 4. The van der Waals surface area contributed by atoms with Crippen LogP contribution in [0.3, 0.4) is 0 Å². The zero-order chi connectivity index (χ0) is 55.7. The zero-order valence-electron chi connectivity index (χ0n) is 46.6. The molecule has 2 aliphatic rings. The minimum atomic E-state index is -1.66. The number of amides is 6. The first-order chi connectivity index (χ1) is 34.8. The van der Waals surface area contributed by atoms with E-state index >= 15 is 0 Å². The number of nitrogens with zero attached hydrogens (tertiary/aromatic N) is 3. The summed E-state index contributed by atoms with van der Waals surface area (Å²) in [5, 5.41) is 20.1. The van der Waals surface area contributed by atoms with Crippen molar-refractivity contribution in [1.82, 2.24) is 30.7 Å². The van der Waals surface area contributed by atoms with E-state index < -0.39 is 126 Å². The number of unbranched alkanes of at least 4 members (excludes halogenated alkanes) is 2. The maximum Gasteiger partial charge on any atom is 0.329 e. The Balaban J connectivity index is 2.27. The van der Waals surface area contributed by atoms with E-state index in [2.05, 4.69) is 16.0 Å². The van der Waals surface area contributed by atoms with Gasteiger partial charge < -0.3 is 50.0 Å². The second-order valence-electron chi connectivity index (χ2n) is 21.6. The number of aliphatic hydroxyl groups excluding tert-OH is 1. The van der Waals surface area contributed by atoms with Crippen LogP contribution in [0.1, 0.15) is 146 Å². The molecule has 6 amide bonds. The summed E-state index contributed by atoms with van der Waals surface area (Å²) in [5.41, 5.74) is 0.606. The van der Waals surface area contributed by atoms with Gasteiger partial charge in [0, 0.05) is 33.5 Å². The minimum absolute atomic E-state index is 0.0771. The molecule has 19 nitrogen and oxygen atoms in total. The van der Waals surface area contributed by atoms with E-state index in [-0.39, 0.29) is 56.4 Å². The molecule has 0 saturated carbocycles. The molecule has 11 atom stereocenters. The number of nitrogens with one attached hydrogen (secondary N) is 3. The number of aliphatic hydroxyl groups is 1. The second-order valence-corrected chi connectivity index (χ2v) is 21.6. The van der Waals surface area contributed by atoms with E-state index in [1.807, 2.05) is 41.5 Å². The lowest BCUT2D eigenvalue weighted by atomic mass is 9.91. The van der Waals surface area contributed by atoms with Crippen LogP contribution in [0, 0.1) is 29.6 Å². The van der Waals surface area contributed by atoms with Crippen LogP contribution in [0.4, 0.5) is 0 Å². The molecular formula is C55H88N6O13. The molecule has 2 heterocycles. The lowest BCUT2D eigenvalue weighted by Crippen LogP contribution is -2.61. The van der Waals surface area contributed by atoms with Crippen molar-refractivity contribution in [3.63, 3.8) is 0 Å². The Hall–Kier alpha value is -5.59. The van der Waals surface area contributed by atoms with Gasteiger partial charge >= 0.3 is 11.9 Å². The van der Waals surface area contributed by atoms with Crippen LogP contribution in [-0.2, 0) is 59.0 Å². The summed E-state index contributed by atoms with van der Waals surface area (Å²) >= 11 is 0. The van der Waals surface area contributed by atoms with Crippen molar-refractivity contribution in [3.05, 3.63) is 29.8 Å². The third kappa shape index (κ3) is 17.5. The van der Waals surface area contributed by atoms with E-state index in [0.29, 0.717) is 30.6 Å². The Bertz CT molecular complexity index is 2080. The Kier molecular flexibility index (Phi) is 25.0. The number of carbonyl (C=O) groups is 9. The summed E-state index contributed by atoms with van der Waals surface area (Å²) in [7, 11) is 4.46. The van der Waals surface area contributed by atoms with E-state index in [0.717, 1.165) is 12.8 Å². The number of esters is 2. The molecule has 0 spiro atoms. The van der Waals surface area contributed by atoms with Gasteiger partial charge in [0.05, 0.1) is 31.6 Å². The van der Waals surface area contributed by atoms with Crippen molar-refractivity contribution in [2.45, 2.75) is 201 Å². The first kappa shape index (κ1) is 62.7. The largest absolute Gasteiger partial charge is 0.497 e. The van der Waals surface area contributed by atoms with Crippen LogP contribution in [-0.4, -0.2) is 155 Å². The molecule has 2 fully saturated rings. The molecule has 416 valence electrons. The zero-order valence-corrected chi connectivity index (χ0v) is 46.6. The van der Waals surface area contributed by atoms with Crippen LogP contribution in [0.5, 0.6) is 5.75 Å². The van der Waals surface area contributed by atoms with Crippen molar-refractivity contribution in [2.75, 3.05) is 27.7 Å². The molecule has 0 bridgehead atoms. The van der Waals surface area contributed by atoms with Gasteiger partial charge in [-0.3, -0.25) is 38.4 Å². The van der Waals surface area contributed by atoms with Gasteiger partial charge in [0.25, 0.3) is 0 Å². The molecule has 3 rings (SSSR count). The molecule has 2 aliphatic heterocycles. The van der Waals surface area contributed by atoms with Gasteiger partial charge in [0.1, 0.15) is 42.1 Å². The number of rotatable bonds is 17. The lowest BCUT2D eigenvalue weighted by molar-refractivity contribution is -0.163. The number of hydrogen-bond acceptors (Lipinski definition) is 13. The molecule has 4 N–H and O–H groups in total. The quantitative estimate of drug-likeness (QED) is 0.0954. The number of likely N-dealkylation sites (N-methyl/N-ethyl adjacent to an activating group) is 2. The molecule has 1 aromatic rings. The SMILES string of the molecule is CCCCCC(=O)N(C)[C@H](CC(C)C)C(=O)N[C@@H]1C(=O)N[C@@H]([C@@H](C)CC)[C@@H](O)CC(=O)O[C@@H](C(C)C)C(=O)[C@H](C)C(=O)N[C@@H](CC(C)C)C(=O)N2CCC[C@H]2C(=O)N(C)[C@@H](Cc2ccc(OC)cc2)C(=O)O[C@@H]1C. The fourth-order valence-corrected chi connectivity index (χ4v) is 9.48. The summed E-state index contributed by atoms with van der Waals surface area (Å²) in [6, 6.07) is -0.600. The van der Waals surface area contributed by atoms with Gasteiger partial charge in [-0.15, -0.1) is 0 Å². The maximum absolute atomic E-state index is 14.9. The van der Waals surface area contributed by atoms with E-state index in [1.54, 1.807) is 45.0 Å². The van der Waals surface area contributed by atoms with Crippen LogP contribution in [0.25, 0.3) is 0 Å². The summed E-state index contributed by atoms with van der Waals surface area (Å²) in [6.45, 7) is 19.3. The fourth-order valence-electron chi connectivity index (χ4n) is 9.48. The molecule has 0 radical (unpaired) electrons. The average Bonchev–Trinajstić information content (AvgIpc) is 3.85. The summed E-state index contributed by atoms with van der Waals surface area (Å²) < 4.78 is 17.2. The van der Waals surface area contributed by atoms with Crippen molar-refractivity contribution in [1.29, 1.82) is 0 Å². The van der Waals surface area contributed by atoms with Crippen LogP contribution in [0.15, 0.2) is 24.3 Å². The normalized spacial score (nSPS) is 26.2. The van der Waals surface area contributed by atoms with Gasteiger partial charge in [-0.2, -0.15) is 0 Å². The van der Waals surface area contributed by atoms with Gasteiger partial charge in [0.15, 0.2) is 11.9 Å². The molecule has 0 unspecified atom stereocenters. The maximum atomic E-state index is 14.9. The molecule has 2 saturated heterocycles. The number of carbonyl (C=O) groups excluding carboxylic acids is 9. The smallest absolute Gasteiger partial charge is 0.329 e. The topological polar surface area (TPSA) is 247 Å². The highest BCUT2D eigenvalue weighted by molar-refractivity contribution is 6.05. The fraction of sp³-hybridized carbons (Fsp3) is 0.727. The summed E-state index contributed by atoms with van der Waals surface area (Å²) in [4.78, 5) is 133. The number of cyclic esters (lactones) is 2. The van der Waals surface area contributed by atoms with Crippen LogP contribution in [0.2, 0.25) is 0 Å². The highest BCUT2D eigenvalue weighted by Crippen LogP contribution is 2.26. The van der Waals surface area contributed by atoms with Gasteiger partial charge in [-0.05, 0) is 87.3 Å².